The number of carbonyl (C=O) groups is 1. The van der Waals surface area contributed by atoms with Crippen molar-refractivity contribution in [2.75, 3.05) is 31.1 Å². The number of anilines is 1. The average Bonchev–Trinajstić information content (AvgIpc) is 3.22. The number of amides is 1. The van der Waals surface area contributed by atoms with Crippen LogP contribution in [0.2, 0.25) is 5.02 Å². The second kappa shape index (κ2) is 8.84. The molecule has 0 radical (unpaired) electrons. The van der Waals surface area contributed by atoms with Crippen molar-refractivity contribution < 1.29 is 18.0 Å². The first-order valence-electron chi connectivity index (χ1n) is 9.56. The molecule has 0 atom stereocenters. The lowest BCUT2D eigenvalue weighted by Crippen LogP contribution is -2.49. The SMILES string of the molecule is O=C(Cc1csc(-c2ccccc2Cl)n1)N1CCN(c2ccc(C(F)(F)F)cn2)CC1. The van der Waals surface area contributed by atoms with Crippen LogP contribution < -0.4 is 4.90 Å². The molecule has 4 rings (SSSR count). The molecule has 1 fully saturated rings. The lowest BCUT2D eigenvalue weighted by atomic mass is 10.2. The third kappa shape index (κ3) is 4.99. The summed E-state index contributed by atoms with van der Waals surface area (Å²) >= 11 is 7.66. The van der Waals surface area contributed by atoms with E-state index in [1.165, 1.54) is 17.4 Å². The molecule has 162 valence electrons. The number of rotatable bonds is 4. The number of piperazine rings is 1. The van der Waals surface area contributed by atoms with E-state index in [4.69, 9.17) is 11.6 Å². The third-order valence-corrected chi connectivity index (χ3v) is 6.27. The number of nitrogens with zero attached hydrogens (tertiary/aromatic N) is 4. The molecule has 10 heteroatoms. The van der Waals surface area contributed by atoms with Crippen molar-refractivity contribution in [2.24, 2.45) is 0 Å². The number of aromatic nitrogens is 2. The molecule has 5 nitrogen and oxygen atoms in total. The predicted molar refractivity (Wildman–Crippen MR) is 114 cm³/mol. The van der Waals surface area contributed by atoms with Crippen LogP contribution in [0.1, 0.15) is 11.3 Å². The zero-order valence-electron chi connectivity index (χ0n) is 16.3. The van der Waals surface area contributed by atoms with E-state index >= 15 is 0 Å². The number of hydrogen-bond donors (Lipinski definition) is 0. The van der Waals surface area contributed by atoms with Gasteiger partial charge in [-0.15, -0.1) is 11.3 Å². The van der Waals surface area contributed by atoms with Crippen LogP contribution in [0.25, 0.3) is 10.6 Å². The Bertz CT molecular complexity index is 1060. The van der Waals surface area contributed by atoms with Gasteiger partial charge in [0.1, 0.15) is 10.8 Å². The summed E-state index contributed by atoms with van der Waals surface area (Å²) in [6.45, 7) is 1.96. The Morgan fingerprint density at radius 3 is 2.48 bits per heavy atom. The molecule has 1 amide bonds. The number of alkyl halides is 3. The number of halogens is 4. The zero-order valence-corrected chi connectivity index (χ0v) is 17.8. The van der Waals surface area contributed by atoms with Gasteiger partial charge in [0.05, 0.1) is 22.7 Å². The topological polar surface area (TPSA) is 49.3 Å². The summed E-state index contributed by atoms with van der Waals surface area (Å²) in [6, 6.07) is 9.82. The van der Waals surface area contributed by atoms with Crippen LogP contribution in [0.3, 0.4) is 0 Å². The largest absolute Gasteiger partial charge is 0.417 e. The van der Waals surface area contributed by atoms with Crippen molar-refractivity contribution in [3.63, 3.8) is 0 Å². The Morgan fingerprint density at radius 2 is 1.84 bits per heavy atom. The minimum absolute atomic E-state index is 0.0314. The Hall–Kier alpha value is -2.65. The van der Waals surface area contributed by atoms with E-state index in [1.54, 1.807) is 11.0 Å². The van der Waals surface area contributed by atoms with E-state index in [9.17, 15) is 18.0 Å². The fraction of sp³-hybridized carbons (Fsp3) is 0.286. The molecular formula is C21H18ClF3N4OS. The van der Waals surface area contributed by atoms with Crippen LogP contribution in [0.4, 0.5) is 19.0 Å². The van der Waals surface area contributed by atoms with Crippen LogP contribution in [0.15, 0.2) is 48.0 Å². The Morgan fingerprint density at radius 1 is 1.10 bits per heavy atom. The first kappa shape index (κ1) is 21.6. The van der Waals surface area contributed by atoms with Gasteiger partial charge in [-0.25, -0.2) is 9.97 Å². The van der Waals surface area contributed by atoms with Gasteiger partial charge in [0, 0.05) is 43.3 Å². The molecule has 0 unspecified atom stereocenters. The molecule has 3 aromatic rings. The fourth-order valence-electron chi connectivity index (χ4n) is 3.34. The lowest BCUT2D eigenvalue weighted by Gasteiger charge is -2.35. The second-order valence-corrected chi connectivity index (χ2v) is 8.34. The molecule has 1 aliphatic heterocycles. The van der Waals surface area contributed by atoms with Gasteiger partial charge in [-0.2, -0.15) is 13.2 Å². The molecule has 31 heavy (non-hydrogen) atoms. The molecule has 0 aliphatic carbocycles. The number of benzene rings is 1. The van der Waals surface area contributed by atoms with Gasteiger partial charge in [0.25, 0.3) is 0 Å². The summed E-state index contributed by atoms with van der Waals surface area (Å²) in [5, 5.41) is 3.24. The van der Waals surface area contributed by atoms with Crippen molar-refractivity contribution in [1.29, 1.82) is 0 Å². The van der Waals surface area contributed by atoms with Gasteiger partial charge < -0.3 is 9.80 Å². The molecular weight excluding hydrogens is 449 g/mol. The highest BCUT2D eigenvalue weighted by molar-refractivity contribution is 7.13. The van der Waals surface area contributed by atoms with E-state index in [2.05, 4.69) is 9.97 Å². The maximum Gasteiger partial charge on any atom is 0.417 e. The molecule has 2 aromatic heterocycles. The highest BCUT2D eigenvalue weighted by Gasteiger charge is 2.31. The zero-order chi connectivity index (χ0) is 22.0. The van der Waals surface area contributed by atoms with Crippen LogP contribution >= 0.6 is 22.9 Å². The van der Waals surface area contributed by atoms with E-state index in [0.717, 1.165) is 22.8 Å². The van der Waals surface area contributed by atoms with Crippen molar-refractivity contribution in [1.82, 2.24) is 14.9 Å². The summed E-state index contributed by atoms with van der Waals surface area (Å²) in [7, 11) is 0. The number of carbonyl (C=O) groups excluding carboxylic acids is 1. The van der Waals surface area contributed by atoms with Crippen LogP contribution in [0, 0.1) is 0 Å². The van der Waals surface area contributed by atoms with E-state index in [-0.39, 0.29) is 12.3 Å². The molecule has 0 bridgehead atoms. The first-order chi connectivity index (χ1) is 14.8. The standard InChI is InChI=1S/C21H18ClF3N4OS/c22-17-4-2-1-3-16(17)20-27-15(13-31-20)11-19(30)29-9-7-28(8-10-29)18-6-5-14(12-26-18)21(23,24)25/h1-6,12-13H,7-11H2. The lowest BCUT2D eigenvalue weighted by molar-refractivity contribution is -0.137. The minimum atomic E-state index is -4.40. The predicted octanol–water partition coefficient (Wildman–Crippen LogP) is 4.77. The quantitative estimate of drug-likeness (QED) is 0.556. The smallest absolute Gasteiger partial charge is 0.353 e. The monoisotopic (exact) mass is 466 g/mol. The summed E-state index contributed by atoms with van der Waals surface area (Å²) in [6.07, 6.45) is -3.37. The first-order valence-corrected chi connectivity index (χ1v) is 10.8. The van der Waals surface area contributed by atoms with E-state index in [1.807, 2.05) is 28.5 Å². The molecule has 1 saturated heterocycles. The third-order valence-electron chi connectivity index (χ3n) is 5.02. The van der Waals surface area contributed by atoms with E-state index in [0.29, 0.717) is 42.7 Å². The molecule has 1 aliphatic rings. The average molecular weight is 467 g/mol. The van der Waals surface area contributed by atoms with Gasteiger partial charge >= 0.3 is 6.18 Å². The summed E-state index contributed by atoms with van der Waals surface area (Å²) in [4.78, 5) is 24.8. The van der Waals surface area contributed by atoms with Gasteiger partial charge in [-0.1, -0.05) is 29.8 Å². The van der Waals surface area contributed by atoms with E-state index < -0.39 is 11.7 Å². The summed E-state index contributed by atoms with van der Waals surface area (Å²) < 4.78 is 38.1. The van der Waals surface area contributed by atoms with Crippen molar-refractivity contribution in [2.45, 2.75) is 12.6 Å². The number of hydrogen-bond acceptors (Lipinski definition) is 5. The minimum Gasteiger partial charge on any atom is -0.353 e. The van der Waals surface area contributed by atoms with Crippen molar-refractivity contribution >= 4 is 34.7 Å². The number of pyridine rings is 1. The Balaban J connectivity index is 1.33. The second-order valence-electron chi connectivity index (χ2n) is 7.07. The Kier molecular flexibility index (Phi) is 6.15. The summed E-state index contributed by atoms with van der Waals surface area (Å²) in [5.74, 6) is 0.444. The summed E-state index contributed by atoms with van der Waals surface area (Å²) in [5.41, 5.74) is 0.756. The van der Waals surface area contributed by atoms with Crippen molar-refractivity contribution in [3.05, 3.63) is 64.3 Å². The molecule has 3 heterocycles. The number of thiazole rings is 1. The maximum atomic E-state index is 12.7. The van der Waals surface area contributed by atoms with Gasteiger partial charge in [0.15, 0.2) is 0 Å². The normalized spacial score (nSPS) is 14.7. The van der Waals surface area contributed by atoms with Gasteiger partial charge in [-0.05, 0) is 18.2 Å². The Labute approximate surface area is 186 Å². The van der Waals surface area contributed by atoms with Gasteiger partial charge in [-0.3, -0.25) is 4.79 Å². The van der Waals surface area contributed by atoms with Crippen LogP contribution in [-0.4, -0.2) is 47.0 Å². The molecule has 1 aromatic carbocycles. The van der Waals surface area contributed by atoms with Gasteiger partial charge in [0.2, 0.25) is 5.91 Å². The highest BCUT2D eigenvalue weighted by Crippen LogP contribution is 2.31. The molecule has 0 saturated carbocycles. The molecule has 0 spiro atoms. The fourth-order valence-corrected chi connectivity index (χ4v) is 4.48. The van der Waals surface area contributed by atoms with Crippen molar-refractivity contribution in [3.8, 4) is 10.6 Å². The highest BCUT2D eigenvalue weighted by atomic mass is 35.5. The maximum absolute atomic E-state index is 12.7. The van der Waals surface area contributed by atoms with Crippen LogP contribution in [0.5, 0.6) is 0 Å². The molecule has 0 N–H and O–H groups in total. The van der Waals surface area contributed by atoms with Crippen LogP contribution in [-0.2, 0) is 17.4 Å².